The minimum Gasteiger partial charge on any atom is -0.496 e. The van der Waals surface area contributed by atoms with Gasteiger partial charge in [-0.1, -0.05) is 36.4 Å². The van der Waals surface area contributed by atoms with Crippen LogP contribution in [0.2, 0.25) is 0 Å². The molecule has 0 radical (unpaired) electrons. The Morgan fingerprint density at radius 1 is 0.821 bits per heavy atom. The normalized spacial score (nSPS) is 20.6. The molecule has 2 aliphatic rings. The molecule has 1 aliphatic heterocycles. The molecule has 1 heterocycles. The SMILES string of the molecule is COc1ccccc1/C=C1\CN(C2CC2)C/C(=C\c2ccccc2OC)C1=O. The van der Waals surface area contributed by atoms with Crippen molar-refractivity contribution in [1.82, 2.24) is 4.90 Å². The van der Waals surface area contributed by atoms with Crippen LogP contribution in [0.5, 0.6) is 11.5 Å². The first kappa shape index (κ1) is 18.5. The van der Waals surface area contributed by atoms with E-state index in [1.54, 1.807) is 14.2 Å². The fourth-order valence-electron chi connectivity index (χ4n) is 3.71. The van der Waals surface area contributed by atoms with Crippen molar-refractivity contribution in [2.24, 2.45) is 0 Å². The van der Waals surface area contributed by atoms with Crippen LogP contribution >= 0.6 is 0 Å². The number of ketones is 1. The second-order valence-corrected chi connectivity index (χ2v) is 7.29. The van der Waals surface area contributed by atoms with E-state index in [0.717, 1.165) is 33.8 Å². The van der Waals surface area contributed by atoms with E-state index in [1.807, 2.05) is 60.7 Å². The summed E-state index contributed by atoms with van der Waals surface area (Å²) in [6, 6.07) is 16.2. The van der Waals surface area contributed by atoms with Crippen LogP contribution in [0, 0.1) is 0 Å². The predicted molar refractivity (Wildman–Crippen MR) is 112 cm³/mol. The number of hydrogen-bond acceptors (Lipinski definition) is 4. The van der Waals surface area contributed by atoms with Crippen LogP contribution in [-0.2, 0) is 4.79 Å². The summed E-state index contributed by atoms with van der Waals surface area (Å²) in [5, 5.41) is 0. The lowest BCUT2D eigenvalue weighted by Gasteiger charge is -2.30. The van der Waals surface area contributed by atoms with Crippen molar-refractivity contribution in [2.75, 3.05) is 27.3 Å². The third-order valence-corrected chi connectivity index (χ3v) is 5.33. The maximum atomic E-state index is 13.3. The van der Waals surface area contributed by atoms with Gasteiger partial charge in [-0.25, -0.2) is 0 Å². The molecular weight excluding hydrogens is 350 g/mol. The number of hydrogen-bond donors (Lipinski definition) is 0. The molecule has 1 aliphatic carbocycles. The maximum absolute atomic E-state index is 13.3. The average Bonchev–Trinajstić information content (AvgIpc) is 3.57. The molecule has 0 unspecified atom stereocenters. The number of para-hydroxylation sites is 2. The highest BCUT2D eigenvalue weighted by molar-refractivity contribution is 6.14. The quantitative estimate of drug-likeness (QED) is 0.734. The molecular formula is C24H25NO3. The Balaban J connectivity index is 1.72. The molecule has 2 aromatic carbocycles. The van der Waals surface area contributed by atoms with Crippen LogP contribution in [0.3, 0.4) is 0 Å². The summed E-state index contributed by atoms with van der Waals surface area (Å²) < 4.78 is 10.9. The highest BCUT2D eigenvalue weighted by atomic mass is 16.5. The molecule has 144 valence electrons. The zero-order chi connectivity index (χ0) is 19.5. The third-order valence-electron chi connectivity index (χ3n) is 5.33. The summed E-state index contributed by atoms with van der Waals surface area (Å²) in [4.78, 5) is 15.7. The molecule has 0 amide bonds. The van der Waals surface area contributed by atoms with E-state index in [2.05, 4.69) is 4.90 Å². The van der Waals surface area contributed by atoms with Gasteiger partial charge >= 0.3 is 0 Å². The van der Waals surface area contributed by atoms with Crippen molar-refractivity contribution in [3.8, 4) is 11.5 Å². The number of ether oxygens (including phenoxy) is 2. The Hall–Kier alpha value is -2.85. The molecule has 0 bridgehead atoms. The van der Waals surface area contributed by atoms with E-state index in [1.165, 1.54) is 12.8 Å². The lowest BCUT2D eigenvalue weighted by molar-refractivity contribution is -0.113. The van der Waals surface area contributed by atoms with Gasteiger partial charge in [0.05, 0.1) is 14.2 Å². The topological polar surface area (TPSA) is 38.8 Å². The molecule has 0 N–H and O–H groups in total. The molecule has 0 spiro atoms. The van der Waals surface area contributed by atoms with Gasteiger partial charge in [-0.05, 0) is 37.1 Å². The second kappa shape index (κ2) is 8.03. The Labute approximate surface area is 166 Å². The fraction of sp³-hybridized carbons (Fsp3) is 0.292. The Morgan fingerprint density at radius 2 is 1.29 bits per heavy atom. The van der Waals surface area contributed by atoms with Crippen molar-refractivity contribution in [3.05, 3.63) is 70.8 Å². The summed E-state index contributed by atoms with van der Waals surface area (Å²) >= 11 is 0. The van der Waals surface area contributed by atoms with Gasteiger partial charge in [0.2, 0.25) is 0 Å². The number of carbonyl (C=O) groups excluding carboxylic acids is 1. The number of piperidine rings is 1. The maximum Gasteiger partial charge on any atom is 0.187 e. The average molecular weight is 375 g/mol. The molecule has 4 heteroatoms. The number of carbonyl (C=O) groups is 1. The Kier molecular flexibility index (Phi) is 5.31. The van der Waals surface area contributed by atoms with Crippen LogP contribution < -0.4 is 9.47 Å². The van der Waals surface area contributed by atoms with E-state index >= 15 is 0 Å². The number of benzene rings is 2. The molecule has 0 atom stereocenters. The number of Topliss-reactive ketones (excluding diaryl/α,β-unsaturated/α-hetero) is 1. The van der Waals surface area contributed by atoms with Gasteiger partial charge < -0.3 is 9.47 Å². The molecule has 4 rings (SSSR count). The first-order chi connectivity index (χ1) is 13.7. The van der Waals surface area contributed by atoms with E-state index in [4.69, 9.17) is 9.47 Å². The first-order valence-corrected chi connectivity index (χ1v) is 9.65. The number of methoxy groups -OCH3 is 2. The summed E-state index contributed by atoms with van der Waals surface area (Å²) in [5.41, 5.74) is 3.48. The van der Waals surface area contributed by atoms with E-state index in [-0.39, 0.29) is 5.78 Å². The Morgan fingerprint density at radius 3 is 1.71 bits per heavy atom. The van der Waals surface area contributed by atoms with Gasteiger partial charge in [0.25, 0.3) is 0 Å². The van der Waals surface area contributed by atoms with Gasteiger partial charge in [-0.2, -0.15) is 0 Å². The molecule has 28 heavy (non-hydrogen) atoms. The minimum atomic E-state index is 0.105. The molecule has 0 aromatic heterocycles. The van der Waals surface area contributed by atoms with Crippen LogP contribution in [0.25, 0.3) is 12.2 Å². The summed E-state index contributed by atoms with van der Waals surface area (Å²) in [6.07, 6.45) is 6.37. The van der Waals surface area contributed by atoms with Crippen LogP contribution in [-0.4, -0.2) is 44.0 Å². The van der Waals surface area contributed by atoms with Crippen molar-refractivity contribution in [2.45, 2.75) is 18.9 Å². The highest BCUT2D eigenvalue weighted by Crippen LogP contribution is 2.34. The second-order valence-electron chi connectivity index (χ2n) is 7.29. The minimum absolute atomic E-state index is 0.105. The van der Waals surface area contributed by atoms with Gasteiger partial charge in [-0.3, -0.25) is 9.69 Å². The molecule has 1 saturated carbocycles. The largest absolute Gasteiger partial charge is 0.496 e. The van der Waals surface area contributed by atoms with Crippen molar-refractivity contribution >= 4 is 17.9 Å². The standard InChI is InChI=1S/C24H25NO3/c1-27-22-9-5-3-7-17(22)13-19-15-25(21-11-12-21)16-20(24(19)26)14-18-8-4-6-10-23(18)28-2/h3-10,13-14,21H,11-12,15-16H2,1-2H3/b19-13+,20-14+. The zero-order valence-electron chi connectivity index (χ0n) is 16.4. The monoisotopic (exact) mass is 375 g/mol. The van der Waals surface area contributed by atoms with Crippen molar-refractivity contribution < 1.29 is 14.3 Å². The van der Waals surface area contributed by atoms with Crippen molar-refractivity contribution in [1.29, 1.82) is 0 Å². The van der Waals surface area contributed by atoms with Gasteiger partial charge in [-0.15, -0.1) is 0 Å². The van der Waals surface area contributed by atoms with Crippen LogP contribution in [0.15, 0.2) is 59.7 Å². The highest BCUT2D eigenvalue weighted by Gasteiger charge is 2.35. The molecule has 2 fully saturated rings. The lowest BCUT2D eigenvalue weighted by Crippen LogP contribution is -2.39. The zero-order valence-corrected chi connectivity index (χ0v) is 16.4. The number of likely N-dealkylation sites (tertiary alicyclic amines) is 1. The fourth-order valence-corrected chi connectivity index (χ4v) is 3.71. The first-order valence-electron chi connectivity index (χ1n) is 9.65. The van der Waals surface area contributed by atoms with E-state index in [0.29, 0.717) is 19.1 Å². The summed E-state index contributed by atoms with van der Waals surface area (Å²) in [7, 11) is 3.31. The summed E-state index contributed by atoms with van der Waals surface area (Å²) in [5.74, 6) is 1.66. The van der Waals surface area contributed by atoms with Crippen LogP contribution in [0.1, 0.15) is 24.0 Å². The summed E-state index contributed by atoms with van der Waals surface area (Å²) in [6.45, 7) is 1.37. The Bertz CT molecular complexity index is 871. The van der Waals surface area contributed by atoms with Gasteiger partial charge in [0.1, 0.15) is 11.5 Å². The number of rotatable bonds is 5. The smallest absolute Gasteiger partial charge is 0.187 e. The van der Waals surface area contributed by atoms with Crippen LogP contribution in [0.4, 0.5) is 0 Å². The van der Waals surface area contributed by atoms with E-state index in [9.17, 15) is 4.79 Å². The molecule has 4 nitrogen and oxygen atoms in total. The van der Waals surface area contributed by atoms with Gasteiger partial charge in [0.15, 0.2) is 5.78 Å². The molecule has 1 saturated heterocycles. The van der Waals surface area contributed by atoms with Gasteiger partial charge in [0, 0.05) is 41.4 Å². The third kappa shape index (κ3) is 3.87. The lowest BCUT2D eigenvalue weighted by atomic mass is 9.93. The van der Waals surface area contributed by atoms with Crippen molar-refractivity contribution in [3.63, 3.8) is 0 Å². The predicted octanol–water partition coefficient (Wildman–Crippen LogP) is 4.22. The van der Waals surface area contributed by atoms with E-state index < -0.39 is 0 Å². The number of nitrogens with zero attached hydrogens (tertiary/aromatic N) is 1. The molecule has 2 aromatic rings.